The molecule has 0 spiro atoms. The zero-order chi connectivity index (χ0) is 9.68. The summed E-state index contributed by atoms with van der Waals surface area (Å²) in [5, 5.41) is 16.7. The van der Waals surface area contributed by atoms with Gasteiger partial charge in [0.1, 0.15) is 0 Å². The van der Waals surface area contributed by atoms with E-state index in [-0.39, 0.29) is 0 Å². The number of hydrazine groups is 1. The van der Waals surface area contributed by atoms with E-state index in [0.29, 0.717) is 11.3 Å². The van der Waals surface area contributed by atoms with Gasteiger partial charge in [0, 0.05) is 0 Å². The number of nitrogens with zero attached hydrogens (tertiary/aromatic N) is 1. The molecule has 3 N–H and O–H groups in total. The summed E-state index contributed by atoms with van der Waals surface area (Å²) in [5.74, 6) is 0. The predicted octanol–water partition coefficient (Wildman–Crippen LogP) is 1.15. The Hall–Kier alpha value is -2.22. The first-order valence-corrected chi connectivity index (χ1v) is 3.47. The highest BCUT2D eigenvalue weighted by molar-refractivity contribution is 5.66. The average molecular weight is 177 g/mol. The number of nitriles is 1. The molecule has 0 bridgehead atoms. The highest BCUT2D eigenvalue weighted by Gasteiger charge is 1.94. The third kappa shape index (κ3) is 2.71. The van der Waals surface area contributed by atoms with E-state index in [2.05, 4.69) is 5.43 Å². The second-order valence-electron chi connectivity index (χ2n) is 2.24. The molecule has 0 unspecified atom stereocenters. The van der Waals surface area contributed by atoms with Gasteiger partial charge in [0.15, 0.2) is 0 Å². The number of carboxylic acid groups (broad SMARTS) is 1. The zero-order valence-corrected chi connectivity index (χ0v) is 6.61. The van der Waals surface area contributed by atoms with Gasteiger partial charge in [0.25, 0.3) is 0 Å². The van der Waals surface area contributed by atoms with Crippen LogP contribution >= 0.6 is 0 Å². The molecule has 13 heavy (non-hydrogen) atoms. The van der Waals surface area contributed by atoms with Crippen molar-refractivity contribution in [3.8, 4) is 6.07 Å². The van der Waals surface area contributed by atoms with E-state index in [1.54, 1.807) is 24.3 Å². The summed E-state index contributed by atoms with van der Waals surface area (Å²) < 4.78 is 0. The smallest absolute Gasteiger partial charge is 0.423 e. The van der Waals surface area contributed by atoms with Gasteiger partial charge in [-0.15, -0.1) is 0 Å². The number of anilines is 1. The predicted molar refractivity (Wildman–Crippen MR) is 45.9 cm³/mol. The van der Waals surface area contributed by atoms with Crippen LogP contribution in [0, 0.1) is 11.3 Å². The second-order valence-corrected chi connectivity index (χ2v) is 2.24. The standard InChI is InChI=1S/C8H7N3O2/c9-5-6-1-3-7(4-2-6)10-11-8(12)13/h1-4,10-11H,(H,12,13). The van der Waals surface area contributed by atoms with Crippen molar-refractivity contribution in [3.05, 3.63) is 29.8 Å². The quantitative estimate of drug-likeness (QED) is 0.591. The summed E-state index contributed by atoms with van der Waals surface area (Å²) in [6.07, 6.45) is -1.16. The highest BCUT2D eigenvalue weighted by Crippen LogP contribution is 2.06. The largest absolute Gasteiger partial charge is 0.464 e. The van der Waals surface area contributed by atoms with Crippen LogP contribution in [0.1, 0.15) is 5.56 Å². The lowest BCUT2D eigenvalue weighted by Crippen LogP contribution is -2.27. The lowest BCUT2D eigenvalue weighted by molar-refractivity contribution is 0.197. The van der Waals surface area contributed by atoms with Crippen molar-refractivity contribution >= 4 is 11.8 Å². The Morgan fingerprint density at radius 2 is 2.00 bits per heavy atom. The maximum absolute atomic E-state index is 10.1. The molecule has 0 fully saturated rings. The Bertz CT molecular complexity index is 339. The number of nitrogens with one attached hydrogen (secondary N) is 2. The van der Waals surface area contributed by atoms with Gasteiger partial charge in [0.2, 0.25) is 0 Å². The summed E-state index contributed by atoms with van der Waals surface area (Å²) >= 11 is 0. The number of rotatable bonds is 2. The number of carbonyl (C=O) groups is 1. The Balaban J connectivity index is 2.60. The molecule has 1 aromatic carbocycles. The Morgan fingerprint density at radius 1 is 1.38 bits per heavy atom. The maximum Gasteiger partial charge on any atom is 0.423 e. The van der Waals surface area contributed by atoms with Crippen molar-refractivity contribution in [2.24, 2.45) is 0 Å². The van der Waals surface area contributed by atoms with Crippen LogP contribution in [0.5, 0.6) is 0 Å². The van der Waals surface area contributed by atoms with Crippen LogP contribution in [0.15, 0.2) is 24.3 Å². The minimum absolute atomic E-state index is 0.529. The molecule has 0 heterocycles. The first-order valence-electron chi connectivity index (χ1n) is 3.47. The number of hydrogen-bond donors (Lipinski definition) is 3. The Labute approximate surface area is 74.6 Å². The van der Waals surface area contributed by atoms with E-state index in [0.717, 1.165) is 0 Å². The number of hydrogen-bond acceptors (Lipinski definition) is 3. The average Bonchev–Trinajstić information content (AvgIpc) is 2.15. The molecule has 0 aliphatic rings. The van der Waals surface area contributed by atoms with Gasteiger partial charge in [0.05, 0.1) is 17.3 Å². The van der Waals surface area contributed by atoms with Gasteiger partial charge in [-0.05, 0) is 24.3 Å². The topological polar surface area (TPSA) is 85.2 Å². The molecular weight excluding hydrogens is 170 g/mol. The van der Waals surface area contributed by atoms with Crippen molar-refractivity contribution < 1.29 is 9.90 Å². The van der Waals surface area contributed by atoms with Crippen LogP contribution in [0.2, 0.25) is 0 Å². The summed E-state index contributed by atoms with van der Waals surface area (Å²) in [7, 11) is 0. The van der Waals surface area contributed by atoms with E-state index in [1.165, 1.54) is 0 Å². The van der Waals surface area contributed by atoms with Crippen molar-refractivity contribution in [2.75, 3.05) is 5.43 Å². The minimum Gasteiger partial charge on any atom is -0.464 e. The van der Waals surface area contributed by atoms with E-state index in [4.69, 9.17) is 10.4 Å². The fraction of sp³-hybridized carbons (Fsp3) is 0. The summed E-state index contributed by atoms with van der Waals surface area (Å²) in [6.45, 7) is 0. The van der Waals surface area contributed by atoms with Gasteiger partial charge in [-0.2, -0.15) is 5.26 Å². The molecule has 0 aromatic heterocycles. The summed E-state index contributed by atoms with van der Waals surface area (Å²) in [6, 6.07) is 8.34. The lowest BCUT2D eigenvalue weighted by atomic mass is 10.2. The molecule has 0 atom stereocenters. The molecule has 0 aliphatic carbocycles. The van der Waals surface area contributed by atoms with Crippen molar-refractivity contribution in [3.63, 3.8) is 0 Å². The van der Waals surface area contributed by atoms with Gasteiger partial charge < -0.3 is 5.11 Å². The summed E-state index contributed by atoms with van der Waals surface area (Å²) in [5.41, 5.74) is 5.53. The van der Waals surface area contributed by atoms with Crippen LogP contribution in [0.4, 0.5) is 10.5 Å². The zero-order valence-electron chi connectivity index (χ0n) is 6.61. The van der Waals surface area contributed by atoms with Crippen LogP contribution in [-0.2, 0) is 0 Å². The molecule has 1 aromatic rings. The molecule has 66 valence electrons. The van der Waals surface area contributed by atoms with Crippen LogP contribution < -0.4 is 10.9 Å². The van der Waals surface area contributed by atoms with Gasteiger partial charge in [-0.25, -0.2) is 10.2 Å². The van der Waals surface area contributed by atoms with Gasteiger partial charge in [-0.1, -0.05) is 0 Å². The molecule has 0 aliphatic heterocycles. The first-order chi connectivity index (χ1) is 6.22. The monoisotopic (exact) mass is 177 g/mol. The fourth-order valence-corrected chi connectivity index (χ4v) is 0.754. The second kappa shape index (κ2) is 3.97. The Kier molecular flexibility index (Phi) is 2.71. The minimum atomic E-state index is -1.16. The highest BCUT2D eigenvalue weighted by atomic mass is 16.4. The van der Waals surface area contributed by atoms with Crippen molar-refractivity contribution in [1.82, 2.24) is 5.43 Å². The molecule has 1 amide bonds. The molecule has 0 saturated heterocycles. The van der Waals surface area contributed by atoms with Gasteiger partial charge in [-0.3, -0.25) is 5.43 Å². The van der Waals surface area contributed by atoms with Crippen LogP contribution in [0.25, 0.3) is 0 Å². The third-order valence-electron chi connectivity index (χ3n) is 1.33. The van der Waals surface area contributed by atoms with Crippen LogP contribution in [0.3, 0.4) is 0 Å². The van der Waals surface area contributed by atoms with Gasteiger partial charge >= 0.3 is 6.09 Å². The lowest BCUT2D eigenvalue weighted by Gasteiger charge is -2.03. The molecule has 0 radical (unpaired) electrons. The normalized spacial score (nSPS) is 8.54. The molecule has 5 heteroatoms. The molecular formula is C8H7N3O2. The first kappa shape index (κ1) is 8.87. The maximum atomic E-state index is 10.1. The Morgan fingerprint density at radius 3 is 2.46 bits per heavy atom. The third-order valence-corrected chi connectivity index (χ3v) is 1.33. The molecule has 0 saturated carbocycles. The van der Waals surface area contributed by atoms with E-state index in [9.17, 15) is 4.79 Å². The summed E-state index contributed by atoms with van der Waals surface area (Å²) in [4.78, 5) is 10.1. The number of amides is 1. The van der Waals surface area contributed by atoms with E-state index in [1.807, 2.05) is 11.5 Å². The van der Waals surface area contributed by atoms with Crippen molar-refractivity contribution in [2.45, 2.75) is 0 Å². The van der Waals surface area contributed by atoms with E-state index < -0.39 is 6.09 Å². The molecule has 5 nitrogen and oxygen atoms in total. The number of benzene rings is 1. The van der Waals surface area contributed by atoms with E-state index >= 15 is 0 Å². The van der Waals surface area contributed by atoms with Crippen LogP contribution in [-0.4, -0.2) is 11.2 Å². The molecule has 1 rings (SSSR count). The fourth-order valence-electron chi connectivity index (χ4n) is 0.754. The van der Waals surface area contributed by atoms with Crippen molar-refractivity contribution in [1.29, 1.82) is 5.26 Å². The SMILES string of the molecule is N#Cc1ccc(NNC(=O)O)cc1.